The van der Waals surface area contributed by atoms with Gasteiger partial charge in [0.25, 0.3) is 0 Å². The molecule has 0 atom stereocenters. The van der Waals surface area contributed by atoms with E-state index in [4.69, 9.17) is 10.5 Å². The zero-order chi connectivity index (χ0) is 13.0. The molecule has 1 aliphatic heterocycles. The predicted molar refractivity (Wildman–Crippen MR) is 69.2 cm³/mol. The first-order valence-electron chi connectivity index (χ1n) is 5.74. The lowest BCUT2D eigenvalue weighted by Gasteiger charge is -2.28. The minimum absolute atomic E-state index is 0.309. The Morgan fingerprint density at radius 2 is 2.06 bits per heavy atom. The topological polar surface area (TPSA) is 55.6 Å². The number of hydrogen-bond acceptors (Lipinski definition) is 4. The van der Waals surface area contributed by atoms with Crippen molar-refractivity contribution >= 4 is 5.97 Å². The summed E-state index contributed by atoms with van der Waals surface area (Å²) in [6.45, 7) is 1.15. The molecule has 0 saturated heterocycles. The largest absolute Gasteiger partial charge is 0.466 e. The summed E-state index contributed by atoms with van der Waals surface area (Å²) in [5.41, 5.74) is 7.69. The van der Waals surface area contributed by atoms with Crippen LogP contribution in [-0.4, -0.2) is 24.5 Å². The van der Waals surface area contributed by atoms with E-state index in [1.165, 1.54) is 7.11 Å². The SMILES string of the molecule is COC(=O)C1=CC=C(N)N(Cc2ccccc2)C1. The maximum atomic E-state index is 11.5. The summed E-state index contributed by atoms with van der Waals surface area (Å²) in [6.07, 6.45) is 3.45. The number of benzene rings is 1. The smallest absolute Gasteiger partial charge is 0.335 e. The van der Waals surface area contributed by atoms with Crippen molar-refractivity contribution in [1.29, 1.82) is 0 Å². The Kier molecular flexibility index (Phi) is 3.67. The van der Waals surface area contributed by atoms with E-state index in [0.29, 0.717) is 24.5 Å². The Labute approximate surface area is 106 Å². The number of ether oxygens (including phenoxy) is 1. The highest BCUT2D eigenvalue weighted by molar-refractivity contribution is 5.89. The lowest BCUT2D eigenvalue weighted by Crippen LogP contribution is -2.33. The Morgan fingerprint density at radius 1 is 1.33 bits per heavy atom. The number of allylic oxidation sites excluding steroid dienone is 2. The standard InChI is InChI=1S/C14H16N2O2/c1-18-14(17)12-7-8-13(15)16(10-12)9-11-5-3-2-4-6-11/h2-8H,9-10,15H2,1H3. The van der Waals surface area contributed by atoms with Gasteiger partial charge in [-0.25, -0.2) is 4.79 Å². The maximum Gasteiger partial charge on any atom is 0.335 e. The molecule has 4 heteroatoms. The van der Waals surface area contributed by atoms with Crippen LogP contribution in [0.3, 0.4) is 0 Å². The van der Waals surface area contributed by atoms with Crippen molar-refractivity contribution in [3.63, 3.8) is 0 Å². The summed E-state index contributed by atoms with van der Waals surface area (Å²) < 4.78 is 4.72. The number of carbonyl (C=O) groups is 1. The quantitative estimate of drug-likeness (QED) is 0.817. The van der Waals surface area contributed by atoms with Gasteiger partial charge >= 0.3 is 5.97 Å². The molecule has 0 saturated carbocycles. The number of nitrogens with two attached hydrogens (primary N) is 1. The average Bonchev–Trinajstić information content (AvgIpc) is 2.41. The van der Waals surface area contributed by atoms with Gasteiger partial charge in [0.05, 0.1) is 25.0 Å². The molecule has 0 unspecified atom stereocenters. The second kappa shape index (κ2) is 5.40. The molecule has 2 rings (SSSR count). The maximum absolute atomic E-state index is 11.5. The van der Waals surface area contributed by atoms with Crippen LogP contribution in [0, 0.1) is 0 Å². The molecule has 0 aromatic heterocycles. The van der Waals surface area contributed by atoms with Gasteiger partial charge in [0.1, 0.15) is 0 Å². The molecule has 0 amide bonds. The third kappa shape index (κ3) is 2.71. The van der Waals surface area contributed by atoms with Gasteiger partial charge in [0.15, 0.2) is 0 Å². The Hall–Kier alpha value is -2.23. The van der Waals surface area contributed by atoms with Crippen LogP contribution in [0.2, 0.25) is 0 Å². The number of methoxy groups -OCH3 is 1. The highest BCUT2D eigenvalue weighted by Gasteiger charge is 2.18. The van der Waals surface area contributed by atoms with Crippen LogP contribution in [0.1, 0.15) is 5.56 Å². The van der Waals surface area contributed by atoms with Gasteiger partial charge in [-0.1, -0.05) is 30.3 Å². The summed E-state index contributed by atoms with van der Waals surface area (Å²) in [5, 5.41) is 0. The second-order valence-corrected chi connectivity index (χ2v) is 4.12. The number of esters is 1. The number of hydrogen-bond donors (Lipinski definition) is 1. The summed E-state index contributed by atoms with van der Waals surface area (Å²) >= 11 is 0. The molecule has 94 valence electrons. The lowest BCUT2D eigenvalue weighted by atomic mass is 10.1. The minimum atomic E-state index is -0.309. The van der Waals surface area contributed by atoms with Crippen molar-refractivity contribution < 1.29 is 9.53 Å². The molecule has 1 aromatic rings. The molecular formula is C14H16N2O2. The van der Waals surface area contributed by atoms with Crippen LogP contribution in [0.25, 0.3) is 0 Å². The molecule has 0 aliphatic carbocycles. The Morgan fingerprint density at radius 3 is 2.72 bits per heavy atom. The van der Waals surface area contributed by atoms with E-state index in [1.807, 2.05) is 35.2 Å². The zero-order valence-corrected chi connectivity index (χ0v) is 10.3. The monoisotopic (exact) mass is 244 g/mol. The van der Waals surface area contributed by atoms with E-state index in [9.17, 15) is 4.79 Å². The van der Waals surface area contributed by atoms with Gasteiger partial charge in [-0.15, -0.1) is 0 Å². The number of rotatable bonds is 3. The second-order valence-electron chi connectivity index (χ2n) is 4.12. The van der Waals surface area contributed by atoms with Crippen LogP contribution >= 0.6 is 0 Å². The molecule has 0 radical (unpaired) electrons. The summed E-state index contributed by atoms with van der Waals surface area (Å²) in [5.74, 6) is 0.350. The minimum Gasteiger partial charge on any atom is -0.466 e. The first-order chi connectivity index (χ1) is 8.70. The molecule has 1 aliphatic rings. The molecule has 1 heterocycles. The van der Waals surface area contributed by atoms with Crippen molar-refractivity contribution in [2.24, 2.45) is 5.73 Å². The van der Waals surface area contributed by atoms with E-state index < -0.39 is 0 Å². The predicted octanol–water partition coefficient (Wildman–Crippen LogP) is 1.40. The molecule has 1 aromatic carbocycles. The summed E-state index contributed by atoms with van der Waals surface area (Å²) in [6, 6.07) is 10.00. The van der Waals surface area contributed by atoms with E-state index >= 15 is 0 Å². The van der Waals surface area contributed by atoms with Gasteiger partial charge in [0, 0.05) is 6.54 Å². The zero-order valence-electron chi connectivity index (χ0n) is 10.3. The normalized spacial score (nSPS) is 14.8. The van der Waals surface area contributed by atoms with Crippen molar-refractivity contribution in [1.82, 2.24) is 4.90 Å². The third-order valence-electron chi connectivity index (χ3n) is 2.85. The highest BCUT2D eigenvalue weighted by Crippen LogP contribution is 2.15. The van der Waals surface area contributed by atoms with Crippen molar-refractivity contribution in [2.75, 3.05) is 13.7 Å². The van der Waals surface area contributed by atoms with Gasteiger partial charge in [0.2, 0.25) is 0 Å². The Bertz CT molecular complexity index is 492. The van der Waals surface area contributed by atoms with Gasteiger partial charge < -0.3 is 15.4 Å². The summed E-state index contributed by atoms with van der Waals surface area (Å²) in [4.78, 5) is 13.4. The lowest BCUT2D eigenvalue weighted by molar-refractivity contribution is -0.136. The van der Waals surface area contributed by atoms with Crippen LogP contribution in [0.4, 0.5) is 0 Å². The van der Waals surface area contributed by atoms with E-state index in [2.05, 4.69) is 0 Å². The van der Waals surface area contributed by atoms with E-state index in [-0.39, 0.29) is 5.97 Å². The van der Waals surface area contributed by atoms with Gasteiger partial charge in [-0.05, 0) is 17.7 Å². The van der Waals surface area contributed by atoms with Crippen LogP contribution in [0.15, 0.2) is 53.9 Å². The third-order valence-corrected chi connectivity index (χ3v) is 2.85. The molecule has 0 spiro atoms. The van der Waals surface area contributed by atoms with Gasteiger partial charge in [-0.3, -0.25) is 0 Å². The fourth-order valence-electron chi connectivity index (χ4n) is 1.86. The molecule has 0 bridgehead atoms. The molecule has 0 fully saturated rings. The fraction of sp³-hybridized carbons (Fsp3) is 0.214. The number of nitrogens with zero attached hydrogens (tertiary/aromatic N) is 1. The average molecular weight is 244 g/mol. The molecule has 2 N–H and O–H groups in total. The van der Waals surface area contributed by atoms with Crippen molar-refractivity contribution in [3.8, 4) is 0 Å². The Balaban J connectivity index is 2.10. The number of carbonyl (C=O) groups excluding carboxylic acids is 1. The molecule has 4 nitrogen and oxygen atoms in total. The van der Waals surface area contributed by atoms with E-state index in [1.54, 1.807) is 12.2 Å². The van der Waals surface area contributed by atoms with Gasteiger partial charge in [-0.2, -0.15) is 0 Å². The van der Waals surface area contributed by atoms with Crippen LogP contribution in [0.5, 0.6) is 0 Å². The molecular weight excluding hydrogens is 228 g/mol. The first kappa shape index (κ1) is 12.2. The van der Waals surface area contributed by atoms with Crippen molar-refractivity contribution in [2.45, 2.75) is 6.54 Å². The molecule has 18 heavy (non-hydrogen) atoms. The van der Waals surface area contributed by atoms with Crippen LogP contribution in [-0.2, 0) is 16.1 Å². The van der Waals surface area contributed by atoms with Crippen molar-refractivity contribution in [3.05, 3.63) is 59.4 Å². The highest BCUT2D eigenvalue weighted by atomic mass is 16.5. The van der Waals surface area contributed by atoms with E-state index in [0.717, 1.165) is 5.56 Å². The van der Waals surface area contributed by atoms with Crippen LogP contribution < -0.4 is 5.73 Å². The fourth-order valence-corrected chi connectivity index (χ4v) is 1.86. The summed E-state index contributed by atoms with van der Waals surface area (Å²) in [7, 11) is 1.38. The first-order valence-corrected chi connectivity index (χ1v) is 5.74.